The summed E-state index contributed by atoms with van der Waals surface area (Å²) in [5.74, 6) is -1.04. The number of hydrogen-bond acceptors (Lipinski definition) is 3. The third-order valence-electron chi connectivity index (χ3n) is 1.46. The molecular formula is C8H14F3NO2. The fourth-order valence-corrected chi connectivity index (χ4v) is 0.798. The van der Waals surface area contributed by atoms with Crippen LogP contribution in [0, 0.1) is 5.92 Å². The van der Waals surface area contributed by atoms with Crippen LogP contribution in [0.4, 0.5) is 13.2 Å². The average molecular weight is 213 g/mol. The summed E-state index contributed by atoms with van der Waals surface area (Å²) < 4.78 is 39.7. The molecule has 14 heavy (non-hydrogen) atoms. The molecule has 0 aliphatic carbocycles. The maximum absolute atomic E-state index is 11.7. The molecule has 0 aromatic carbocycles. The van der Waals surface area contributed by atoms with Crippen molar-refractivity contribution in [3.63, 3.8) is 0 Å². The molecule has 0 saturated carbocycles. The van der Waals surface area contributed by atoms with Gasteiger partial charge in [-0.1, -0.05) is 6.92 Å². The Morgan fingerprint density at radius 1 is 1.50 bits per heavy atom. The molecule has 0 aromatic heterocycles. The molecule has 0 heterocycles. The van der Waals surface area contributed by atoms with Crippen LogP contribution in [0.25, 0.3) is 0 Å². The summed E-state index contributed by atoms with van der Waals surface area (Å²) in [6, 6.07) is 0. The van der Waals surface area contributed by atoms with Gasteiger partial charge >= 0.3 is 12.1 Å². The van der Waals surface area contributed by atoms with Crippen LogP contribution in [0.2, 0.25) is 0 Å². The molecule has 0 rings (SSSR count). The van der Waals surface area contributed by atoms with Crippen molar-refractivity contribution in [1.82, 2.24) is 5.32 Å². The highest BCUT2D eigenvalue weighted by molar-refractivity contribution is 5.72. The van der Waals surface area contributed by atoms with E-state index in [9.17, 15) is 18.0 Å². The van der Waals surface area contributed by atoms with Gasteiger partial charge in [-0.2, -0.15) is 13.2 Å². The smallest absolute Gasteiger partial charge is 0.401 e. The van der Waals surface area contributed by atoms with Gasteiger partial charge in [-0.25, -0.2) is 0 Å². The van der Waals surface area contributed by atoms with Crippen molar-refractivity contribution < 1.29 is 22.7 Å². The Morgan fingerprint density at radius 2 is 2.07 bits per heavy atom. The van der Waals surface area contributed by atoms with E-state index < -0.39 is 24.6 Å². The molecule has 0 aromatic rings. The van der Waals surface area contributed by atoms with E-state index in [0.717, 1.165) is 0 Å². The Morgan fingerprint density at radius 3 is 2.50 bits per heavy atom. The lowest BCUT2D eigenvalue weighted by Crippen LogP contribution is -2.34. The maximum Gasteiger partial charge on any atom is 0.401 e. The summed E-state index contributed by atoms with van der Waals surface area (Å²) >= 11 is 0. The van der Waals surface area contributed by atoms with E-state index in [2.05, 4.69) is 10.1 Å². The van der Waals surface area contributed by atoms with Crippen molar-refractivity contribution in [1.29, 1.82) is 0 Å². The zero-order valence-electron chi connectivity index (χ0n) is 8.15. The quantitative estimate of drug-likeness (QED) is 0.700. The molecule has 3 nitrogen and oxygen atoms in total. The van der Waals surface area contributed by atoms with Gasteiger partial charge in [0.25, 0.3) is 0 Å². The van der Waals surface area contributed by atoms with Crippen LogP contribution in [-0.2, 0) is 9.53 Å². The first kappa shape index (κ1) is 13.2. The van der Waals surface area contributed by atoms with Gasteiger partial charge in [0.05, 0.1) is 19.1 Å². The molecule has 1 N–H and O–H groups in total. The summed E-state index contributed by atoms with van der Waals surface area (Å²) in [5, 5.41) is 2.14. The lowest BCUT2D eigenvalue weighted by molar-refractivity contribution is -0.148. The van der Waals surface area contributed by atoms with E-state index in [-0.39, 0.29) is 13.2 Å². The highest BCUT2D eigenvalue weighted by Crippen LogP contribution is 2.12. The predicted octanol–water partition coefficient (Wildman–Crippen LogP) is 1.34. The molecular weight excluding hydrogens is 199 g/mol. The van der Waals surface area contributed by atoms with Crippen molar-refractivity contribution in [3.8, 4) is 0 Å². The Kier molecular flexibility index (Phi) is 5.52. The minimum absolute atomic E-state index is 0.0294. The Balaban J connectivity index is 3.63. The molecule has 1 unspecified atom stereocenters. The number of nitrogens with one attached hydrogen (secondary N) is 1. The number of halogens is 3. The maximum atomic E-state index is 11.7. The van der Waals surface area contributed by atoms with E-state index in [0.29, 0.717) is 0 Å². The second-order valence-electron chi connectivity index (χ2n) is 2.90. The first-order chi connectivity index (χ1) is 6.37. The number of alkyl halides is 3. The highest BCUT2D eigenvalue weighted by atomic mass is 19.4. The Hall–Kier alpha value is -0.780. The van der Waals surface area contributed by atoms with Crippen molar-refractivity contribution in [2.24, 2.45) is 5.92 Å². The van der Waals surface area contributed by atoms with Gasteiger partial charge in [0, 0.05) is 6.54 Å². The molecule has 84 valence electrons. The van der Waals surface area contributed by atoms with Gasteiger partial charge < -0.3 is 10.1 Å². The number of hydrogen-bond donors (Lipinski definition) is 1. The number of carbonyl (C=O) groups is 1. The molecule has 0 fully saturated rings. The monoisotopic (exact) mass is 213 g/mol. The molecule has 0 aliphatic heterocycles. The van der Waals surface area contributed by atoms with Gasteiger partial charge in [-0.05, 0) is 6.92 Å². The van der Waals surface area contributed by atoms with E-state index in [1.807, 2.05) is 0 Å². The lowest BCUT2D eigenvalue weighted by Gasteiger charge is -2.12. The highest BCUT2D eigenvalue weighted by Gasteiger charge is 2.27. The molecule has 0 amide bonds. The third kappa shape index (κ3) is 6.71. The summed E-state index contributed by atoms with van der Waals surface area (Å²) in [5.41, 5.74) is 0. The topological polar surface area (TPSA) is 38.3 Å². The van der Waals surface area contributed by atoms with Gasteiger partial charge in [0.2, 0.25) is 0 Å². The SMILES string of the molecule is CCOC(=O)C(C)CNCC(F)(F)F. The minimum atomic E-state index is -4.24. The van der Waals surface area contributed by atoms with Gasteiger partial charge in [-0.3, -0.25) is 4.79 Å². The number of esters is 1. The summed E-state index contributed by atoms with van der Waals surface area (Å²) in [6.45, 7) is 2.28. The zero-order valence-corrected chi connectivity index (χ0v) is 8.15. The fraction of sp³-hybridized carbons (Fsp3) is 0.875. The molecule has 6 heteroatoms. The van der Waals surface area contributed by atoms with Gasteiger partial charge in [-0.15, -0.1) is 0 Å². The van der Waals surface area contributed by atoms with Crippen LogP contribution in [0.1, 0.15) is 13.8 Å². The first-order valence-electron chi connectivity index (χ1n) is 4.31. The second kappa shape index (κ2) is 5.85. The Bertz CT molecular complexity index is 182. The normalized spacial score (nSPS) is 13.8. The van der Waals surface area contributed by atoms with E-state index in [4.69, 9.17) is 0 Å². The lowest BCUT2D eigenvalue weighted by atomic mass is 10.2. The summed E-state index contributed by atoms with van der Waals surface area (Å²) in [4.78, 5) is 11.0. The van der Waals surface area contributed by atoms with Crippen molar-refractivity contribution >= 4 is 5.97 Å². The summed E-state index contributed by atoms with van der Waals surface area (Å²) in [7, 11) is 0. The number of rotatable bonds is 5. The molecule has 0 aliphatic rings. The molecule has 1 atom stereocenters. The van der Waals surface area contributed by atoms with E-state index in [1.165, 1.54) is 6.92 Å². The first-order valence-corrected chi connectivity index (χ1v) is 4.31. The largest absolute Gasteiger partial charge is 0.466 e. The van der Waals surface area contributed by atoms with Crippen LogP contribution < -0.4 is 5.32 Å². The minimum Gasteiger partial charge on any atom is -0.466 e. The van der Waals surface area contributed by atoms with E-state index in [1.54, 1.807) is 6.92 Å². The molecule has 0 spiro atoms. The average Bonchev–Trinajstić information content (AvgIpc) is 2.02. The van der Waals surface area contributed by atoms with Crippen LogP contribution >= 0.6 is 0 Å². The Labute approximate surface area is 80.6 Å². The van der Waals surface area contributed by atoms with Crippen LogP contribution in [0.3, 0.4) is 0 Å². The van der Waals surface area contributed by atoms with Crippen LogP contribution in [0.5, 0.6) is 0 Å². The zero-order chi connectivity index (χ0) is 11.2. The third-order valence-corrected chi connectivity index (χ3v) is 1.46. The fourth-order valence-electron chi connectivity index (χ4n) is 0.798. The number of ether oxygens (including phenoxy) is 1. The number of carbonyl (C=O) groups excluding carboxylic acids is 1. The van der Waals surface area contributed by atoms with Crippen molar-refractivity contribution in [2.75, 3.05) is 19.7 Å². The van der Waals surface area contributed by atoms with Crippen LogP contribution in [-0.4, -0.2) is 31.8 Å². The predicted molar refractivity (Wildman–Crippen MR) is 44.7 cm³/mol. The molecule has 0 bridgehead atoms. The van der Waals surface area contributed by atoms with E-state index >= 15 is 0 Å². The summed E-state index contributed by atoms with van der Waals surface area (Å²) in [6.07, 6.45) is -4.24. The van der Waals surface area contributed by atoms with Gasteiger partial charge in [0.1, 0.15) is 0 Å². The molecule has 0 saturated heterocycles. The molecule has 0 radical (unpaired) electrons. The van der Waals surface area contributed by atoms with Crippen LogP contribution in [0.15, 0.2) is 0 Å². The van der Waals surface area contributed by atoms with Gasteiger partial charge in [0.15, 0.2) is 0 Å². The second-order valence-corrected chi connectivity index (χ2v) is 2.90. The van der Waals surface area contributed by atoms with Crippen molar-refractivity contribution in [3.05, 3.63) is 0 Å². The standard InChI is InChI=1S/C8H14F3NO2/c1-3-14-7(13)6(2)4-12-5-8(9,10)11/h6,12H,3-5H2,1-2H3. The van der Waals surface area contributed by atoms with Crippen molar-refractivity contribution in [2.45, 2.75) is 20.0 Å².